The average Bonchev–Trinajstić information content (AvgIpc) is 3.56. The molecule has 0 saturated heterocycles. The molecule has 0 radical (unpaired) electrons. The van der Waals surface area contributed by atoms with Gasteiger partial charge in [0.15, 0.2) is 0 Å². The third kappa shape index (κ3) is 8.74. The van der Waals surface area contributed by atoms with Crippen molar-refractivity contribution in [3.63, 3.8) is 0 Å². The molecule has 2 nitrogen and oxygen atoms in total. The first-order chi connectivity index (χ1) is 14.3. The molecule has 1 unspecified atom stereocenters. The van der Waals surface area contributed by atoms with Crippen molar-refractivity contribution in [1.29, 1.82) is 10.7 Å². The first-order valence-electron chi connectivity index (χ1n) is 10.8. The lowest BCUT2D eigenvalue weighted by Gasteiger charge is -2.18. The molecule has 1 aliphatic rings. The molecule has 0 spiro atoms. The van der Waals surface area contributed by atoms with Gasteiger partial charge in [-0.25, -0.2) is 4.39 Å². The fraction of sp³-hybridized carbons (Fsp3) is 0.407. The molecule has 0 bridgehead atoms. The minimum atomic E-state index is -0.472. The lowest BCUT2D eigenvalue weighted by Crippen LogP contribution is -2.02. The van der Waals surface area contributed by atoms with E-state index in [1.165, 1.54) is 30.0 Å². The fourth-order valence-corrected chi connectivity index (χ4v) is 3.09. The van der Waals surface area contributed by atoms with Crippen LogP contribution in [0.1, 0.15) is 78.4 Å². The molecule has 3 heteroatoms. The monoisotopic (exact) mass is 408 g/mol. The van der Waals surface area contributed by atoms with Gasteiger partial charge in [0, 0.05) is 11.6 Å². The zero-order valence-electron chi connectivity index (χ0n) is 19.6. The van der Waals surface area contributed by atoms with Gasteiger partial charge in [0.05, 0.1) is 5.56 Å². The Bertz CT molecular complexity index is 853. The Kier molecular flexibility index (Phi) is 13.0. The molecule has 1 N–H and O–H groups in total. The molecule has 2 aromatic carbocycles. The summed E-state index contributed by atoms with van der Waals surface area (Å²) in [7, 11) is 0. The second kappa shape index (κ2) is 14.3. The smallest absolute Gasteiger partial charge is 0.140 e. The average molecular weight is 409 g/mol. The molecule has 1 atom stereocenters. The van der Waals surface area contributed by atoms with Crippen molar-refractivity contribution < 1.29 is 4.39 Å². The van der Waals surface area contributed by atoms with Crippen LogP contribution in [-0.4, -0.2) is 5.71 Å². The van der Waals surface area contributed by atoms with E-state index in [9.17, 15) is 4.39 Å². The van der Waals surface area contributed by atoms with Crippen molar-refractivity contribution in [2.75, 3.05) is 0 Å². The van der Waals surface area contributed by atoms with Crippen LogP contribution in [-0.2, 0) is 0 Å². The van der Waals surface area contributed by atoms with Crippen molar-refractivity contribution in [2.24, 2.45) is 5.92 Å². The number of rotatable bonds is 4. The molecule has 162 valence electrons. The summed E-state index contributed by atoms with van der Waals surface area (Å²) in [5.74, 6) is 0.631. The Labute approximate surface area is 183 Å². The van der Waals surface area contributed by atoms with Crippen LogP contribution in [0.3, 0.4) is 0 Å². The highest BCUT2D eigenvalue weighted by Gasteiger charge is 2.32. The van der Waals surface area contributed by atoms with Gasteiger partial charge < -0.3 is 5.41 Å². The molecule has 1 aliphatic carbocycles. The van der Waals surface area contributed by atoms with Gasteiger partial charge >= 0.3 is 0 Å². The number of benzene rings is 2. The molecule has 30 heavy (non-hydrogen) atoms. The van der Waals surface area contributed by atoms with Gasteiger partial charge in [-0.3, -0.25) is 0 Å². The highest BCUT2D eigenvalue weighted by molar-refractivity contribution is 5.75. The van der Waals surface area contributed by atoms with Gasteiger partial charge in [0.25, 0.3) is 0 Å². The van der Waals surface area contributed by atoms with Crippen LogP contribution in [0.2, 0.25) is 0 Å². The Hall–Kier alpha value is -2.73. The van der Waals surface area contributed by atoms with E-state index in [0.29, 0.717) is 17.5 Å². The number of nitrogens with zero attached hydrogens (tertiary/aromatic N) is 1. The Morgan fingerprint density at radius 3 is 2.03 bits per heavy atom. The van der Waals surface area contributed by atoms with Gasteiger partial charge in [-0.05, 0) is 68.4 Å². The maximum atomic E-state index is 13.5. The summed E-state index contributed by atoms with van der Waals surface area (Å²) in [6.45, 7) is 17.7. The summed E-state index contributed by atoms with van der Waals surface area (Å²) in [5, 5.41) is 15.5. The predicted molar refractivity (Wildman–Crippen MR) is 129 cm³/mol. The standard InChI is InChI=1S/C20H18FN.C3H7N.2C2H6/c1-13(2)20(14-6-7-14)17-5-3-4-15(10-17)16-8-9-19(21)18(11-16)12-22;1-3(2)4;2*1-2/h3-5,8-11,14,20H,1,6-7H2,2H3;4H,1-2H3;2*1-2H3. The van der Waals surface area contributed by atoms with Crippen LogP contribution >= 0.6 is 0 Å². The lowest BCUT2D eigenvalue weighted by atomic mass is 9.87. The van der Waals surface area contributed by atoms with E-state index in [2.05, 4.69) is 25.6 Å². The maximum Gasteiger partial charge on any atom is 0.140 e. The van der Waals surface area contributed by atoms with Crippen molar-refractivity contribution in [3.05, 3.63) is 71.6 Å². The molecule has 0 aromatic heterocycles. The minimum absolute atomic E-state index is 0.0848. The van der Waals surface area contributed by atoms with E-state index < -0.39 is 5.82 Å². The molecular weight excluding hydrogens is 371 g/mol. The van der Waals surface area contributed by atoms with Crippen molar-refractivity contribution >= 4 is 5.71 Å². The van der Waals surface area contributed by atoms with Gasteiger partial charge in [0.1, 0.15) is 11.9 Å². The Balaban J connectivity index is 0.000000924. The van der Waals surface area contributed by atoms with E-state index in [-0.39, 0.29) is 5.56 Å². The SMILES string of the molecule is C=C(C)C(c1cccc(-c2ccc(F)c(C#N)c2)c1)C1CC1.CC.CC.CC(C)=N. The van der Waals surface area contributed by atoms with Crippen molar-refractivity contribution in [1.82, 2.24) is 0 Å². The van der Waals surface area contributed by atoms with Gasteiger partial charge in [-0.15, -0.1) is 0 Å². The highest BCUT2D eigenvalue weighted by Crippen LogP contribution is 2.46. The van der Waals surface area contributed by atoms with Crippen LogP contribution in [0, 0.1) is 28.5 Å². The Morgan fingerprint density at radius 2 is 1.57 bits per heavy atom. The van der Waals surface area contributed by atoms with Crippen LogP contribution in [0.15, 0.2) is 54.6 Å². The van der Waals surface area contributed by atoms with Gasteiger partial charge in [0.2, 0.25) is 0 Å². The third-order valence-electron chi connectivity index (χ3n) is 4.29. The Morgan fingerprint density at radius 1 is 1.03 bits per heavy atom. The van der Waals surface area contributed by atoms with Crippen LogP contribution < -0.4 is 0 Å². The summed E-state index contributed by atoms with van der Waals surface area (Å²) in [6, 6.07) is 14.9. The number of hydrogen-bond acceptors (Lipinski definition) is 2. The molecule has 2 aromatic rings. The molecule has 3 rings (SSSR count). The fourth-order valence-electron chi connectivity index (χ4n) is 3.09. The van der Waals surface area contributed by atoms with Gasteiger partial charge in [-0.2, -0.15) is 5.26 Å². The quantitative estimate of drug-likeness (QED) is 0.400. The van der Waals surface area contributed by atoms with E-state index in [0.717, 1.165) is 11.1 Å². The molecule has 1 fully saturated rings. The van der Waals surface area contributed by atoms with Crippen molar-refractivity contribution in [3.8, 4) is 17.2 Å². The molecular formula is C27H37FN2. The molecule has 0 aliphatic heterocycles. The van der Waals surface area contributed by atoms with E-state index in [4.69, 9.17) is 10.7 Å². The largest absolute Gasteiger partial charge is 0.310 e. The highest BCUT2D eigenvalue weighted by atomic mass is 19.1. The second-order valence-electron chi connectivity index (χ2n) is 7.09. The zero-order chi connectivity index (χ0) is 23.3. The molecule has 1 saturated carbocycles. The predicted octanol–water partition coefficient (Wildman–Crippen LogP) is 8.53. The maximum absolute atomic E-state index is 13.5. The van der Waals surface area contributed by atoms with E-state index in [1.54, 1.807) is 26.0 Å². The van der Waals surface area contributed by atoms with Crippen LogP contribution in [0.4, 0.5) is 4.39 Å². The summed E-state index contributed by atoms with van der Waals surface area (Å²) in [5.41, 5.74) is 5.09. The first kappa shape index (κ1) is 27.3. The van der Waals surface area contributed by atoms with Crippen LogP contribution in [0.25, 0.3) is 11.1 Å². The number of hydrogen-bond donors (Lipinski definition) is 1. The third-order valence-corrected chi connectivity index (χ3v) is 4.29. The number of nitriles is 1. The topological polar surface area (TPSA) is 47.6 Å². The second-order valence-corrected chi connectivity index (χ2v) is 7.09. The van der Waals surface area contributed by atoms with E-state index in [1.807, 2.05) is 45.9 Å². The summed E-state index contributed by atoms with van der Waals surface area (Å²) in [6.07, 6.45) is 2.52. The van der Waals surface area contributed by atoms with E-state index >= 15 is 0 Å². The zero-order valence-corrected chi connectivity index (χ0v) is 19.6. The summed E-state index contributed by atoms with van der Waals surface area (Å²) >= 11 is 0. The first-order valence-corrected chi connectivity index (χ1v) is 10.8. The summed E-state index contributed by atoms with van der Waals surface area (Å²) < 4.78 is 13.5. The van der Waals surface area contributed by atoms with Crippen molar-refractivity contribution in [2.45, 2.75) is 67.2 Å². The van der Waals surface area contributed by atoms with Gasteiger partial charge in [-0.1, -0.05) is 70.2 Å². The lowest BCUT2D eigenvalue weighted by molar-refractivity contribution is 0.624. The number of nitrogens with one attached hydrogen (secondary N) is 1. The molecule has 0 amide bonds. The number of allylic oxidation sites excluding steroid dienone is 1. The number of halogens is 1. The minimum Gasteiger partial charge on any atom is -0.310 e. The summed E-state index contributed by atoms with van der Waals surface area (Å²) in [4.78, 5) is 0. The normalized spacial score (nSPS) is 12.4. The van der Waals surface area contributed by atoms with Crippen LogP contribution in [0.5, 0.6) is 0 Å². The molecule has 0 heterocycles.